The Labute approximate surface area is 105 Å². The Morgan fingerprint density at radius 3 is 2.94 bits per heavy atom. The van der Waals surface area contributed by atoms with Crippen LogP contribution in [0.4, 0.5) is 0 Å². The maximum atomic E-state index is 11.7. The molecular formula is C10H10N2O3S2. The summed E-state index contributed by atoms with van der Waals surface area (Å²) in [5, 5.41) is 11.7. The molecule has 0 aliphatic carbocycles. The molecule has 2 aromatic rings. The summed E-state index contributed by atoms with van der Waals surface area (Å²) in [6, 6.07) is 1.70. The molecule has 17 heavy (non-hydrogen) atoms. The van der Waals surface area contributed by atoms with E-state index in [-0.39, 0.29) is 5.56 Å². The van der Waals surface area contributed by atoms with Gasteiger partial charge in [0.15, 0.2) is 5.16 Å². The van der Waals surface area contributed by atoms with Crippen LogP contribution in [-0.2, 0) is 4.79 Å². The van der Waals surface area contributed by atoms with Gasteiger partial charge in [0, 0.05) is 0 Å². The minimum Gasteiger partial charge on any atom is -0.480 e. The Morgan fingerprint density at radius 2 is 2.29 bits per heavy atom. The number of carboxylic acids is 1. The largest absolute Gasteiger partial charge is 0.480 e. The number of rotatable bonds is 3. The van der Waals surface area contributed by atoms with Crippen LogP contribution in [0, 0.1) is 0 Å². The lowest BCUT2D eigenvalue weighted by molar-refractivity contribution is -0.138. The monoisotopic (exact) mass is 270 g/mol. The van der Waals surface area contributed by atoms with Crippen molar-refractivity contribution in [3.63, 3.8) is 0 Å². The van der Waals surface area contributed by atoms with Gasteiger partial charge < -0.3 is 10.1 Å². The maximum Gasteiger partial charge on any atom is 0.319 e. The van der Waals surface area contributed by atoms with Crippen LogP contribution in [0.1, 0.15) is 13.8 Å². The lowest BCUT2D eigenvalue weighted by Gasteiger charge is -2.16. The number of fused-ring (bicyclic) bond motifs is 1. The number of aliphatic carboxylic acids is 1. The number of thiophene rings is 1. The van der Waals surface area contributed by atoms with E-state index in [9.17, 15) is 9.59 Å². The number of aromatic amines is 1. The maximum absolute atomic E-state index is 11.7. The Bertz CT molecular complexity index is 630. The minimum absolute atomic E-state index is 0.236. The van der Waals surface area contributed by atoms with Crippen molar-refractivity contribution in [2.45, 2.75) is 23.8 Å². The molecule has 0 aliphatic rings. The van der Waals surface area contributed by atoms with E-state index in [0.717, 1.165) is 11.8 Å². The second kappa shape index (κ2) is 4.15. The van der Waals surface area contributed by atoms with Crippen LogP contribution in [0.15, 0.2) is 21.4 Å². The third-order valence-electron chi connectivity index (χ3n) is 2.18. The average Bonchev–Trinajstić information content (AvgIpc) is 2.64. The van der Waals surface area contributed by atoms with Gasteiger partial charge in [-0.3, -0.25) is 9.59 Å². The molecule has 0 unspecified atom stereocenters. The van der Waals surface area contributed by atoms with Crippen LogP contribution in [0.2, 0.25) is 0 Å². The fourth-order valence-corrected chi connectivity index (χ4v) is 2.85. The predicted molar refractivity (Wildman–Crippen MR) is 67.8 cm³/mol. The molecule has 2 N–H and O–H groups in total. The van der Waals surface area contributed by atoms with Gasteiger partial charge in [0.25, 0.3) is 5.56 Å². The Kier molecular flexibility index (Phi) is 2.96. The Balaban J connectivity index is 2.43. The third kappa shape index (κ3) is 2.34. The zero-order chi connectivity index (χ0) is 12.6. The van der Waals surface area contributed by atoms with E-state index in [1.807, 2.05) is 0 Å². The van der Waals surface area contributed by atoms with Crippen molar-refractivity contribution < 1.29 is 9.90 Å². The van der Waals surface area contributed by atoms with Gasteiger partial charge in [-0.2, -0.15) is 0 Å². The minimum atomic E-state index is -1.03. The molecule has 90 valence electrons. The number of nitrogens with one attached hydrogen (secondary N) is 1. The van der Waals surface area contributed by atoms with E-state index in [1.165, 1.54) is 11.3 Å². The molecule has 2 heterocycles. The molecule has 0 radical (unpaired) electrons. The summed E-state index contributed by atoms with van der Waals surface area (Å²) in [5.74, 6) is -0.948. The average molecular weight is 270 g/mol. The standard InChI is InChI=1S/C10H10N2O3S2/c1-10(2,8(14)15)17-9-11-6(13)5-3-4-16-7(5)12-9/h3-4H,1-2H3,(H,14,15)(H,11,12,13). The van der Waals surface area contributed by atoms with Gasteiger partial charge in [0.2, 0.25) is 0 Å². The third-order valence-corrected chi connectivity index (χ3v) is 4.06. The summed E-state index contributed by atoms with van der Waals surface area (Å²) in [4.78, 5) is 30.1. The van der Waals surface area contributed by atoms with E-state index >= 15 is 0 Å². The molecule has 0 saturated heterocycles. The number of aromatic nitrogens is 2. The van der Waals surface area contributed by atoms with E-state index in [0.29, 0.717) is 15.4 Å². The number of nitrogens with zero attached hydrogens (tertiary/aromatic N) is 1. The first-order valence-electron chi connectivity index (χ1n) is 4.80. The summed E-state index contributed by atoms with van der Waals surface area (Å²) < 4.78 is -1.03. The SMILES string of the molecule is CC(C)(Sc1nc2sccc2c(=O)[nH]1)C(=O)O. The quantitative estimate of drug-likeness (QED) is 0.658. The Morgan fingerprint density at radius 1 is 1.59 bits per heavy atom. The first-order valence-corrected chi connectivity index (χ1v) is 6.50. The van der Waals surface area contributed by atoms with E-state index in [4.69, 9.17) is 5.11 Å². The van der Waals surface area contributed by atoms with Crippen LogP contribution in [-0.4, -0.2) is 25.8 Å². The number of hydrogen-bond acceptors (Lipinski definition) is 5. The summed E-state index contributed by atoms with van der Waals surface area (Å²) in [5.41, 5.74) is -0.236. The van der Waals surface area contributed by atoms with Crippen molar-refractivity contribution in [1.82, 2.24) is 9.97 Å². The lowest BCUT2D eigenvalue weighted by atomic mass is 10.2. The van der Waals surface area contributed by atoms with E-state index in [2.05, 4.69) is 9.97 Å². The number of thioether (sulfide) groups is 1. The molecular weight excluding hydrogens is 260 g/mol. The first kappa shape index (κ1) is 12.1. The molecule has 2 aromatic heterocycles. The van der Waals surface area contributed by atoms with Gasteiger partial charge in [-0.25, -0.2) is 4.98 Å². The summed E-state index contributed by atoms with van der Waals surface area (Å²) in [6.45, 7) is 3.14. The molecule has 0 atom stereocenters. The van der Waals surface area contributed by atoms with E-state index in [1.54, 1.807) is 25.3 Å². The highest BCUT2D eigenvalue weighted by Gasteiger charge is 2.29. The van der Waals surface area contributed by atoms with Gasteiger partial charge >= 0.3 is 5.97 Å². The van der Waals surface area contributed by atoms with E-state index < -0.39 is 10.7 Å². The fourth-order valence-electron chi connectivity index (χ4n) is 1.18. The van der Waals surface area contributed by atoms with Crippen molar-refractivity contribution in [1.29, 1.82) is 0 Å². The van der Waals surface area contributed by atoms with Gasteiger partial charge in [0.1, 0.15) is 9.58 Å². The van der Waals surface area contributed by atoms with Crippen molar-refractivity contribution in [2.24, 2.45) is 0 Å². The van der Waals surface area contributed by atoms with Gasteiger partial charge in [-0.1, -0.05) is 11.8 Å². The van der Waals surface area contributed by atoms with Crippen molar-refractivity contribution in [3.05, 3.63) is 21.8 Å². The topological polar surface area (TPSA) is 83.0 Å². The summed E-state index contributed by atoms with van der Waals surface area (Å²) in [7, 11) is 0. The Hall–Kier alpha value is -1.34. The fraction of sp³-hybridized carbons (Fsp3) is 0.300. The molecule has 0 fully saturated rings. The molecule has 0 saturated carbocycles. The highest BCUT2D eigenvalue weighted by Crippen LogP contribution is 2.30. The zero-order valence-electron chi connectivity index (χ0n) is 9.18. The molecule has 0 amide bonds. The number of carboxylic acid groups (broad SMARTS) is 1. The normalized spacial score (nSPS) is 11.9. The molecule has 0 spiro atoms. The van der Waals surface area contributed by atoms with Gasteiger partial charge in [-0.15, -0.1) is 11.3 Å². The van der Waals surface area contributed by atoms with Crippen LogP contribution in [0.3, 0.4) is 0 Å². The highest BCUT2D eigenvalue weighted by molar-refractivity contribution is 8.01. The number of carbonyl (C=O) groups is 1. The number of H-pyrrole nitrogens is 1. The summed E-state index contributed by atoms with van der Waals surface area (Å²) in [6.07, 6.45) is 0. The summed E-state index contributed by atoms with van der Waals surface area (Å²) >= 11 is 2.39. The molecule has 7 heteroatoms. The molecule has 2 rings (SSSR count). The van der Waals surface area contributed by atoms with Crippen molar-refractivity contribution in [3.8, 4) is 0 Å². The van der Waals surface area contributed by atoms with Gasteiger partial charge in [-0.05, 0) is 25.3 Å². The van der Waals surface area contributed by atoms with Crippen molar-refractivity contribution in [2.75, 3.05) is 0 Å². The highest BCUT2D eigenvalue weighted by atomic mass is 32.2. The molecule has 0 aliphatic heterocycles. The van der Waals surface area contributed by atoms with Crippen LogP contribution >= 0.6 is 23.1 Å². The molecule has 0 bridgehead atoms. The number of hydrogen-bond donors (Lipinski definition) is 2. The molecule has 0 aromatic carbocycles. The van der Waals surface area contributed by atoms with Crippen LogP contribution in [0.25, 0.3) is 10.2 Å². The molecule has 5 nitrogen and oxygen atoms in total. The lowest BCUT2D eigenvalue weighted by Crippen LogP contribution is -2.27. The second-order valence-corrected chi connectivity index (χ2v) is 6.43. The second-order valence-electron chi connectivity index (χ2n) is 3.93. The first-order chi connectivity index (χ1) is 7.90. The van der Waals surface area contributed by atoms with Crippen LogP contribution < -0.4 is 5.56 Å². The smallest absolute Gasteiger partial charge is 0.319 e. The zero-order valence-corrected chi connectivity index (χ0v) is 10.8. The van der Waals surface area contributed by atoms with Crippen LogP contribution in [0.5, 0.6) is 0 Å². The predicted octanol–water partition coefficient (Wildman–Crippen LogP) is 1.94. The van der Waals surface area contributed by atoms with Gasteiger partial charge in [0.05, 0.1) is 5.39 Å². The van der Waals surface area contributed by atoms with Crippen molar-refractivity contribution >= 4 is 39.3 Å².